The quantitative estimate of drug-likeness (QED) is 0.721. The van der Waals surface area contributed by atoms with Gasteiger partial charge in [-0.05, 0) is 12.8 Å². The molecule has 0 aliphatic rings. The highest BCUT2D eigenvalue weighted by Gasteiger charge is 2.17. The van der Waals surface area contributed by atoms with Crippen LogP contribution in [0.2, 0.25) is 5.15 Å². The van der Waals surface area contributed by atoms with Gasteiger partial charge in [0.2, 0.25) is 0 Å². The van der Waals surface area contributed by atoms with Gasteiger partial charge in [0.15, 0.2) is 0 Å². The Bertz CT molecular complexity index is 376. The Kier molecular flexibility index (Phi) is 5.65. The molecule has 2 N–H and O–H groups in total. The third-order valence-corrected chi connectivity index (χ3v) is 2.25. The molecule has 6 nitrogen and oxygen atoms in total. The van der Waals surface area contributed by atoms with Crippen molar-refractivity contribution in [1.29, 1.82) is 0 Å². The average molecular weight is 260 g/mol. The first-order valence-corrected chi connectivity index (χ1v) is 5.47. The number of halogens is 1. The zero-order valence-electron chi connectivity index (χ0n) is 9.39. The summed E-state index contributed by atoms with van der Waals surface area (Å²) in [5.41, 5.74) is 0. The smallest absolute Gasteiger partial charge is 0.326 e. The lowest BCUT2D eigenvalue weighted by Crippen LogP contribution is -2.30. The van der Waals surface area contributed by atoms with Crippen LogP contribution in [0.4, 0.5) is 5.82 Å². The summed E-state index contributed by atoms with van der Waals surface area (Å²) in [7, 11) is 1.58. The number of aliphatic carboxylic acids is 1. The van der Waals surface area contributed by atoms with Gasteiger partial charge in [-0.25, -0.2) is 9.78 Å². The van der Waals surface area contributed by atoms with E-state index in [9.17, 15) is 4.79 Å². The van der Waals surface area contributed by atoms with E-state index in [1.807, 2.05) is 0 Å². The number of carboxylic acids is 1. The highest BCUT2D eigenvalue weighted by atomic mass is 35.5. The van der Waals surface area contributed by atoms with Crippen molar-refractivity contribution in [1.82, 2.24) is 9.97 Å². The van der Waals surface area contributed by atoms with Crippen molar-refractivity contribution in [3.8, 4) is 0 Å². The van der Waals surface area contributed by atoms with Gasteiger partial charge in [-0.2, -0.15) is 0 Å². The lowest BCUT2D eigenvalue weighted by atomic mass is 10.1. The number of ether oxygens (including phenoxy) is 1. The van der Waals surface area contributed by atoms with Crippen LogP contribution in [0.15, 0.2) is 12.4 Å². The lowest BCUT2D eigenvalue weighted by molar-refractivity contribution is -0.138. The molecule has 1 aromatic rings. The Balaban J connectivity index is 2.57. The fraction of sp³-hybridized carbons (Fsp3) is 0.500. The predicted molar refractivity (Wildman–Crippen MR) is 63.2 cm³/mol. The second-order valence-corrected chi connectivity index (χ2v) is 3.78. The fourth-order valence-corrected chi connectivity index (χ4v) is 1.43. The summed E-state index contributed by atoms with van der Waals surface area (Å²) in [4.78, 5) is 18.7. The largest absolute Gasteiger partial charge is 0.480 e. The second-order valence-electron chi connectivity index (χ2n) is 3.40. The van der Waals surface area contributed by atoms with E-state index in [0.717, 1.165) is 0 Å². The number of hydrogen-bond acceptors (Lipinski definition) is 5. The Morgan fingerprint density at radius 1 is 1.65 bits per heavy atom. The number of carboxylic acid groups (broad SMARTS) is 1. The average Bonchev–Trinajstić information content (AvgIpc) is 2.28. The first kappa shape index (κ1) is 13.7. The summed E-state index contributed by atoms with van der Waals surface area (Å²) in [6, 6.07) is -0.724. The molecule has 17 heavy (non-hydrogen) atoms. The molecule has 1 aromatic heterocycles. The summed E-state index contributed by atoms with van der Waals surface area (Å²) < 4.78 is 4.87. The van der Waals surface area contributed by atoms with E-state index in [0.29, 0.717) is 25.3 Å². The van der Waals surface area contributed by atoms with Crippen LogP contribution in [-0.2, 0) is 9.53 Å². The molecule has 1 heterocycles. The molecule has 1 unspecified atom stereocenters. The van der Waals surface area contributed by atoms with Crippen LogP contribution >= 0.6 is 11.6 Å². The van der Waals surface area contributed by atoms with Crippen LogP contribution in [0.3, 0.4) is 0 Å². The van der Waals surface area contributed by atoms with Crippen LogP contribution in [0.1, 0.15) is 12.8 Å². The molecule has 0 radical (unpaired) electrons. The van der Waals surface area contributed by atoms with Gasteiger partial charge in [-0.1, -0.05) is 11.6 Å². The third kappa shape index (κ3) is 4.97. The summed E-state index contributed by atoms with van der Waals surface area (Å²) in [6.07, 6.45) is 3.90. The summed E-state index contributed by atoms with van der Waals surface area (Å²) in [6.45, 7) is 0.521. The second kappa shape index (κ2) is 7.03. The van der Waals surface area contributed by atoms with Crippen molar-refractivity contribution >= 4 is 23.4 Å². The summed E-state index contributed by atoms with van der Waals surface area (Å²) in [5.74, 6) is -0.592. The van der Waals surface area contributed by atoms with Crippen LogP contribution in [0.25, 0.3) is 0 Å². The molecule has 0 bridgehead atoms. The first-order valence-electron chi connectivity index (χ1n) is 5.09. The maximum absolute atomic E-state index is 11.0. The zero-order chi connectivity index (χ0) is 12.7. The number of rotatable bonds is 7. The molecule has 0 aliphatic heterocycles. The number of anilines is 1. The van der Waals surface area contributed by atoms with Gasteiger partial charge in [-0.3, -0.25) is 4.98 Å². The van der Waals surface area contributed by atoms with Gasteiger partial charge in [0.1, 0.15) is 17.0 Å². The van der Waals surface area contributed by atoms with Gasteiger partial charge in [0.25, 0.3) is 0 Å². The van der Waals surface area contributed by atoms with Gasteiger partial charge in [-0.15, -0.1) is 0 Å². The standard InChI is InChI=1S/C10H14ClN3O3/c1-17-4-2-3-7(10(15)16)13-9-6-12-5-8(11)14-9/h5-7H,2-4H2,1H3,(H,13,14)(H,15,16). The predicted octanol–water partition coefficient (Wildman–Crippen LogP) is 1.42. The molecule has 7 heteroatoms. The van der Waals surface area contributed by atoms with Crippen molar-refractivity contribution < 1.29 is 14.6 Å². The monoisotopic (exact) mass is 259 g/mol. The van der Waals surface area contributed by atoms with E-state index < -0.39 is 12.0 Å². The highest BCUT2D eigenvalue weighted by Crippen LogP contribution is 2.10. The topological polar surface area (TPSA) is 84.3 Å². The summed E-state index contributed by atoms with van der Waals surface area (Å²) >= 11 is 5.65. The molecular formula is C10H14ClN3O3. The maximum Gasteiger partial charge on any atom is 0.326 e. The molecule has 1 rings (SSSR count). The van der Waals surface area contributed by atoms with Crippen molar-refractivity contribution in [3.63, 3.8) is 0 Å². The normalized spacial score (nSPS) is 12.1. The number of aromatic nitrogens is 2. The van der Waals surface area contributed by atoms with Crippen LogP contribution in [0, 0.1) is 0 Å². The molecule has 0 saturated heterocycles. The molecule has 0 spiro atoms. The van der Waals surface area contributed by atoms with E-state index in [-0.39, 0.29) is 5.15 Å². The molecule has 94 valence electrons. The van der Waals surface area contributed by atoms with E-state index in [1.54, 1.807) is 7.11 Å². The van der Waals surface area contributed by atoms with E-state index >= 15 is 0 Å². The van der Waals surface area contributed by atoms with E-state index in [1.165, 1.54) is 12.4 Å². The number of nitrogens with one attached hydrogen (secondary N) is 1. The van der Waals surface area contributed by atoms with Crippen molar-refractivity contribution in [3.05, 3.63) is 17.5 Å². The van der Waals surface area contributed by atoms with Gasteiger partial charge >= 0.3 is 5.97 Å². The van der Waals surface area contributed by atoms with Crippen LogP contribution in [-0.4, -0.2) is 40.8 Å². The molecule has 0 saturated carbocycles. The highest BCUT2D eigenvalue weighted by molar-refractivity contribution is 6.29. The molecule has 0 aliphatic carbocycles. The third-order valence-electron chi connectivity index (χ3n) is 2.07. The molecule has 0 amide bonds. The Labute approximate surface area is 104 Å². The van der Waals surface area contributed by atoms with Gasteiger partial charge < -0.3 is 15.2 Å². The molecule has 1 atom stereocenters. The van der Waals surface area contributed by atoms with Crippen molar-refractivity contribution in [2.75, 3.05) is 19.0 Å². The minimum atomic E-state index is -0.942. The van der Waals surface area contributed by atoms with Crippen molar-refractivity contribution in [2.24, 2.45) is 0 Å². The van der Waals surface area contributed by atoms with Gasteiger partial charge in [0.05, 0.1) is 12.4 Å². The van der Waals surface area contributed by atoms with E-state index in [4.69, 9.17) is 21.4 Å². The van der Waals surface area contributed by atoms with Crippen LogP contribution in [0.5, 0.6) is 0 Å². The van der Waals surface area contributed by atoms with Crippen molar-refractivity contribution in [2.45, 2.75) is 18.9 Å². The molecule has 0 fully saturated rings. The fourth-order valence-electron chi connectivity index (χ4n) is 1.28. The number of methoxy groups -OCH3 is 1. The summed E-state index contributed by atoms with van der Waals surface area (Å²) in [5, 5.41) is 12.0. The lowest BCUT2D eigenvalue weighted by Gasteiger charge is -2.14. The number of carbonyl (C=O) groups is 1. The van der Waals surface area contributed by atoms with Crippen LogP contribution < -0.4 is 5.32 Å². The molecular weight excluding hydrogens is 246 g/mol. The minimum absolute atomic E-state index is 0.219. The number of hydrogen-bond donors (Lipinski definition) is 2. The maximum atomic E-state index is 11.0. The Morgan fingerprint density at radius 2 is 2.41 bits per heavy atom. The minimum Gasteiger partial charge on any atom is -0.480 e. The number of nitrogens with zero attached hydrogens (tertiary/aromatic N) is 2. The Hall–Kier alpha value is -1.40. The first-order chi connectivity index (χ1) is 8.13. The Morgan fingerprint density at radius 3 is 3.00 bits per heavy atom. The zero-order valence-corrected chi connectivity index (χ0v) is 10.1. The SMILES string of the molecule is COCCCC(Nc1cncc(Cl)n1)C(=O)O. The van der Waals surface area contributed by atoms with E-state index in [2.05, 4.69) is 15.3 Å². The molecule has 0 aromatic carbocycles. The van der Waals surface area contributed by atoms with Gasteiger partial charge in [0, 0.05) is 13.7 Å².